The van der Waals surface area contributed by atoms with Crippen molar-refractivity contribution in [2.24, 2.45) is 5.92 Å². The SMILES string of the molecule is COc1cccc(C=C2CCCCC(CN(C)C)C2(O)c2cccc(Cl)c2)c1. The molecule has 1 fully saturated rings. The van der Waals surface area contributed by atoms with E-state index in [1.807, 2.05) is 42.5 Å². The molecule has 0 saturated heterocycles. The summed E-state index contributed by atoms with van der Waals surface area (Å²) in [6.45, 7) is 0.818. The molecule has 1 N–H and O–H groups in total. The first-order valence-electron chi connectivity index (χ1n) is 9.91. The van der Waals surface area contributed by atoms with Crippen LogP contribution in [0.1, 0.15) is 36.8 Å². The summed E-state index contributed by atoms with van der Waals surface area (Å²) >= 11 is 6.31. The van der Waals surface area contributed by atoms with Gasteiger partial charge >= 0.3 is 0 Å². The van der Waals surface area contributed by atoms with Crippen molar-refractivity contribution in [2.75, 3.05) is 27.7 Å². The molecule has 0 aliphatic heterocycles. The Morgan fingerprint density at radius 1 is 1.18 bits per heavy atom. The zero-order valence-corrected chi connectivity index (χ0v) is 17.7. The molecule has 0 radical (unpaired) electrons. The largest absolute Gasteiger partial charge is 0.497 e. The number of methoxy groups -OCH3 is 1. The van der Waals surface area contributed by atoms with E-state index in [2.05, 4.69) is 31.1 Å². The molecule has 0 amide bonds. The molecule has 2 aromatic rings. The number of ether oxygens (including phenoxy) is 1. The fourth-order valence-electron chi connectivity index (χ4n) is 4.29. The van der Waals surface area contributed by atoms with Crippen LogP contribution in [0.15, 0.2) is 54.1 Å². The zero-order chi connectivity index (χ0) is 20.1. The number of nitrogens with zero attached hydrogens (tertiary/aromatic N) is 1. The van der Waals surface area contributed by atoms with Gasteiger partial charge in [-0.25, -0.2) is 0 Å². The maximum Gasteiger partial charge on any atom is 0.119 e. The van der Waals surface area contributed by atoms with Crippen molar-refractivity contribution in [3.63, 3.8) is 0 Å². The Hall–Kier alpha value is -1.81. The molecule has 2 aromatic carbocycles. The molecule has 1 aliphatic carbocycles. The quantitative estimate of drug-likeness (QED) is 0.686. The summed E-state index contributed by atoms with van der Waals surface area (Å²) in [5.41, 5.74) is 1.92. The van der Waals surface area contributed by atoms with E-state index in [0.29, 0.717) is 5.02 Å². The van der Waals surface area contributed by atoms with Gasteiger partial charge in [0.1, 0.15) is 11.4 Å². The molecule has 4 heteroatoms. The lowest BCUT2D eigenvalue weighted by molar-refractivity contribution is 0.000491. The highest BCUT2D eigenvalue weighted by Crippen LogP contribution is 2.45. The van der Waals surface area contributed by atoms with E-state index in [4.69, 9.17) is 16.3 Å². The van der Waals surface area contributed by atoms with Crippen molar-refractivity contribution >= 4 is 17.7 Å². The van der Waals surface area contributed by atoms with Crippen molar-refractivity contribution in [3.8, 4) is 5.75 Å². The van der Waals surface area contributed by atoms with Crippen LogP contribution in [0.4, 0.5) is 0 Å². The molecule has 0 heterocycles. The average molecular weight is 400 g/mol. The van der Waals surface area contributed by atoms with Gasteiger partial charge in [0.2, 0.25) is 0 Å². The molecular weight excluding hydrogens is 370 g/mol. The van der Waals surface area contributed by atoms with Crippen LogP contribution in [0.25, 0.3) is 6.08 Å². The van der Waals surface area contributed by atoms with E-state index >= 15 is 0 Å². The highest BCUT2D eigenvalue weighted by Gasteiger charge is 2.43. The molecular formula is C24H30ClNO2. The van der Waals surface area contributed by atoms with Gasteiger partial charge in [0, 0.05) is 17.5 Å². The topological polar surface area (TPSA) is 32.7 Å². The summed E-state index contributed by atoms with van der Waals surface area (Å²) in [5.74, 6) is 0.916. The Labute approximate surface area is 173 Å². The van der Waals surface area contributed by atoms with Gasteiger partial charge in [-0.15, -0.1) is 0 Å². The maximum absolute atomic E-state index is 12.2. The Kier molecular flexibility index (Phi) is 6.82. The lowest BCUT2D eigenvalue weighted by Crippen LogP contribution is -2.41. The third-order valence-corrected chi connectivity index (χ3v) is 5.85. The van der Waals surface area contributed by atoms with Crippen molar-refractivity contribution < 1.29 is 9.84 Å². The number of hydrogen-bond acceptors (Lipinski definition) is 3. The van der Waals surface area contributed by atoms with Crippen molar-refractivity contribution in [1.82, 2.24) is 4.90 Å². The van der Waals surface area contributed by atoms with Crippen LogP contribution in [-0.2, 0) is 5.60 Å². The van der Waals surface area contributed by atoms with Crippen molar-refractivity contribution in [3.05, 3.63) is 70.3 Å². The van der Waals surface area contributed by atoms with E-state index in [-0.39, 0.29) is 5.92 Å². The molecule has 0 bridgehead atoms. The minimum absolute atomic E-state index is 0.0975. The summed E-state index contributed by atoms with van der Waals surface area (Å²) in [6, 6.07) is 15.7. The van der Waals surface area contributed by atoms with E-state index in [1.165, 1.54) is 0 Å². The van der Waals surface area contributed by atoms with Crippen molar-refractivity contribution in [1.29, 1.82) is 0 Å². The van der Waals surface area contributed by atoms with E-state index < -0.39 is 5.60 Å². The van der Waals surface area contributed by atoms with Crippen LogP contribution < -0.4 is 4.74 Å². The highest BCUT2D eigenvalue weighted by atomic mass is 35.5. The fourth-order valence-corrected chi connectivity index (χ4v) is 4.48. The van der Waals surface area contributed by atoms with Crippen LogP contribution in [0.2, 0.25) is 5.02 Å². The minimum atomic E-state index is -1.05. The third-order valence-electron chi connectivity index (χ3n) is 5.61. The lowest BCUT2D eigenvalue weighted by atomic mass is 9.74. The van der Waals surface area contributed by atoms with Crippen molar-refractivity contribution in [2.45, 2.75) is 31.3 Å². The summed E-state index contributed by atoms with van der Waals surface area (Å²) in [7, 11) is 5.80. The number of aliphatic hydroxyl groups is 1. The van der Waals surface area contributed by atoms with Crippen LogP contribution >= 0.6 is 11.6 Å². The normalized spacial score (nSPS) is 24.4. The fraction of sp³-hybridized carbons (Fsp3) is 0.417. The van der Waals surface area contributed by atoms with E-state index in [0.717, 1.165) is 54.7 Å². The second kappa shape index (κ2) is 9.13. The van der Waals surface area contributed by atoms with Gasteiger partial charge in [0.25, 0.3) is 0 Å². The van der Waals surface area contributed by atoms with Crippen LogP contribution in [0.5, 0.6) is 5.75 Å². The van der Waals surface area contributed by atoms with Crippen LogP contribution in [0.3, 0.4) is 0 Å². The van der Waals surface area contributed by atoms with Crippen LogP contribution in [-0.4, -0.2) is 37.8 Å². The number of benzene rings is 2. The van der Waals surface area contributed by atoms with Gasteiger partial charge < -0.3 is 14.7 Å². The summed E-state index contributed by atoms with van der Waals surface area (Å²) < 4.78 is 5.38. The second-order valence-corrected chi connectivity index (χ2v) is 8.36. The molecule has 0 spiro atoms. The van der Waals surface area contributed by atoms with Crippen LogP contribution in [0, 0.1) is 5.92 Å². The standard InChI is InChI=1S/C24H30ClNO2/c1-26(2)17-21-10-5-4-9-19(14-18-8-6-13-23(15-18)28-3)24(21,27)20-11-7-12-22(25)16-20/h6-8,11-16,21,27H,4-5,9-10,17H2,1-3H3. The number of rotatable bonds is 5. The van der Waals surface area contributed by atoms with Gasteiger partial charge in [0.05, 0.1) is 7.11 Å². The monoisotopic (exact) mass is 399 g/mol. The second-order valence-electron chi connectivity index (χ2n) is 7.93. The predicted octanol–water partition coefficient (Wildman–Crippen LogP) is 5.37. The van der Waals surface area contributed by atoms with Gasteiger partial charge in [-0.1, -0.05) is 48.4 Å². The molecule has 2 unspecified atom stereocenters. The molecule has 28 heavy (non-hydrogen) atoms. The maximum atomic E-state index is 12.2. The Bertz CT molecular complexity index is 833. The summed E-state index contributed by atoms with van der Waals surface area (Å²) in [5, 5.41) is 12.9. The molecule has 1 saturated carbocycles. The molecule has 150 valence electrons. The first kappa shape index (κ1) is 20.9. The highest BCUT2D eigenvalue weighted by molar-refractivity contribution is 6.30. The average Bonchev–Trinajstić information content (AvgIpc) is 2.82. The van der Waals surface area contributed by atoms with E-state index in [9.17, 15) is 5.11 Å². The van der Waals surface area contributed by atoms with Gasteiger partial charge in [-0.3, -0.25) is 0 Å². The molecule has 1 aliphatic rings. The molecule has 3 nitrogen and oxygen atoms in total. The Balaban J connectivity index is 2.14. The van der Waals surface area contributed by atoms with E-state index in [1.54, 1.807) is 7.11 Å². The summed E-state index contributed by atoms with van der Waals surface area (Å²) in [4.78, 5) is 2.16. The number of hydrogen-bond donors (Lipinski definition) is 1. The molecule has 2 atom stereocenters. The Morgan fingerprint density at radius 3 is 2.68 bits per heavy atom. The lowest BCUT2D eigenvalue weighted by Gasteiger charge is -2.39. The minimum Gasteiger partial charge on any atom is -0.497 e. The summed E-state index contributed by atoms with van der Waals surface area (Å²) in [6.07, 6.45) is 6.16. The van der Waals surface area contributed by atoms with Gasteiger partial charge in [-0.2, -0.15) is 0 Å². The van der Waals surface area contributed by atoms with Gasteiger partial charge in [-0.05, 0) is 74.3 Å². The van der Waals surface area contributed by atoms with Gasteiger partial charge in [0.15, 0.2) is 0 Å². The smallest absolute Gasteiger partial charge is 0.119 e. The zero-order valence-electron chi connectivity index (χ0n) is 17.0. The molecule has 3 rings (SSSR count). The first-order valence-corrected chi connectivity index (χ1v) is 10.3. The third kappa shape index (κ3) is 4.60. The predicted molar refractivity (Wildman–Crippen MR) is 117 cm³/mol. The number of halogens is 1. The molecule has 0 aromatic heterocycles. The first-order chi connectivity index (χ1) is 13.4. The Morgan fingerprint density at radius 2 is 1.96 bits per heavy atom.